The molecule has 1 aromatic heterocycles. The van der Waals surface area contributed by atoms with Crippen molar-refractivity contribution in [2.24, 2.45) is 0 Å². The predicted octanol–water partition coefficient (Wildman–Crippen LogP) is 7.28. The molecule has 3 aromatic carbocycles. The zero-order chi connectivity index (χ0) is 26.2. The number of nitrogens with zero attached hydrogens (tertiary/aromatic N) is 1. The van der Waals surface area contributed by atoms with Crippen LogP contribution < -0.4 is 15.0 Å². The number of amides is 1. The van der Waals surface area contributed by atoms with E-state index in [1.54, 1.807) is 18.4 Å². The van der Waals surface area contributed by atoms with E-state index in [9.17, 15) is 9.59 Å². The Morgan fingerprint density at radius 3 is 2.47 bits per heavy atom. The number of aryl methyl sites for hydroxylation is 1. The number of ether oxygens (including phenoxy) is 1. The topological polar surface area (TPSA) is 58.6 Å². The van der Waals surface area contributed by atoms with E-state index in [4.69, 9.17) is 4.74 Å². The molecule has 4 aromatic rings. The first kappa shape index (κ1) is 24.2. The van der Waals surface area contributed by atoms with Gasteiger partial charge in [0.15, 0.2) is 5.78 Å². The zero-order valence-corrected chi connectivity index (χ0v) is 22.1. The molecular formula is C32H28N2O3S. The van der Waals surface area contributed by atoms with Gasteiger partial charge in [-0.15, -0.1) is 11.3 Å². The normalized spacial score (nSPS) is 18.8. The lowest BCUT2D eigenvalue weighted by atomic mass is 9.79. The number of anilines is 2. The number of nitrogens with one attached hydrogen (secondary N) is 1. The van der Waals surface area contributed by atoms with Crippen molar-refractivity contribution in [3.8, 4) is 5.75 Å². The maximum absolute atomic E-state index is 14.2. The van der Waals surface area contributed by atoms with Gasteiger partial charge in [-0.1, -0.05) is 42.5 Å². The second-order valence-corrected chi connectivity index (χ2v) is 10.8. The molecule has 2 heterocycles. The molecule has 0 spiro atoms. The van der Waals surface area contributed by atoms with Gasteiger partial charge in [0.2, 0.25) is 0 Å². The number of carbonyl (C=O) groups excluding carboxylic acids is 2. The van der Waals surface area contributed by atoms with Crippen molar-refractivity contribution < 1.29 is 14.3 Å². The zero-order valence-electron chi connectivity index (χ0n) is 21.3. The van der Waals surface area contributed by atoms with Crippen LogP contribution in [0.5, 0.6) is 5.75 Å². The maximum atomic E-state index is 14.2. The second-order valence-electron chi connectivity index (χ2n) is 9.80. The Morgan fingerprint density at radius 1 is 0.974 bits per heavy atom. The number of Topliss-reactive ketones (excluding diaryl/α,β-unsaturated/α-hetero) is 1. The summed E-state index contributed by atoms with van der Waals surface area (Å²) in [5.41, 5.74) is 5.90. The van der Waals surface area contributed by atoms with Gasteiger partial charge in [0.1, 0.15) is 11.8 Å². The van der Waals surface area contributed by atoms with E-state index in [2.05, 4.69) is 5.32 Å². The first-order chi connectivity index (χ1) is 18.5. The van der Waals surface area contributed by atoms with E-state index in [-0.39, 0.29) is 17.6 Å². The summed E-state index contributed by atoms with van der Waals surface area (Å²) in [4.78, 5) is 31.1. The molecule has 1 aliphatic heterocycles. The lowest BCUT2D eigenvalue weighted by Crippen LogP contribution is -2.38. The minimum Gasteiger partial charge on any atom is -0.497 e. The number of hydrogen-bond acceptors (Lipinski definition) is 5. The van der Waals surface area contributed by atoms with Crippen molar-refractivity contribution in [3.05, 3.63) is 123 Å². The summed E-state index contributed by atoms with van der Waals surface area (Å²) < 4.78 is 5.33. The summed E-state index contributed by atoms with van der Waals surface area (Å²) in [6, 6.07) is 26.8. The number of allylic oxidation sites excluding steroid dienone is 1. The van der Waals surface area contributed by atoms with Crippen LogP contribution in [0.15, 0.2) is 102 Å². The van der Waals surface area contributed by atoms with Gasteiger partial charge in [-0.3, -0.25) is 14.5 Å². The Morgan fingerprint density at radius 2 is 1.76 bits per heavy atom. The van der Waals surface area contributed by atoms with Crippen LogP contribution in [0.25, 0.3) is 0 Å². The molecule has 0 bridgehead atoms. The summed E-state index contributed by atoms with van der Waals surface area (Å²) in [6.07, 6.45) is 1.06. The highest BCUT2D eigenvalue weighted by Crippen LogP contribution is 2.49. The summed E-state index contributed by atoms with van der Waals surface area (Å²) in [5.74, 6) is 0.763. The molecule has 1 aliphatic carbocycles. The van der Waals surface area contributed by atoms with Crippen LogP contribution in [-0.4, -0.2) is 18.8 Å². The molecule has 2 atom stereocenters. The van der Waals surface area contributed by atoms with Crippen LogP contribution >= 0.6 is 11.3 Å². The monoisotopic (exact) mass is 520 g/mol. The van der Waals surface area contributed by atoms with E-state index >= 15 is 0 Å². The smallest absolute Gasteiger partial charge is 0.259 e. The fraction of sp³-hybridized carbons (Fsp3) is 0.188. The van der Waals surface area contributed by atoms with Crippen LogP contribution in [-0.2, 0) is 4.79 Å². The van der Waals surface area contributed by atoms with Crippen LogP contribution in [0.1, 0.15) is 51.2 Å². The Bertz CT molecular complexity index is 1520. The Balaban J connectivity index is 1.52. The fourth-order valence-corrected chi connectivity index (χ4v) is 6.34. The highest BCUT2D eigenvalue weighted by atomic mass is 32.1. The molecule has 38 heavy (non-hydrogen) atoms. The van der Waals surface area contributed by atoms with Crippen LogP contribution in [0, 0.1) is 6.92 Å². The highest BCUT2D eigenvalue weighted by molar-refractivity contribution is 7.10. The molecular weight excluding hydrogens is 492 g/mol. The number of rotatable bonds is 4. The van der Waals surface area contributed by atoms with Crippen LogP contribution in [0.4, 0.5) is 11.4 Å². The van der Waals surface area contributed by atoms with Crippen molar-refractivity contribution in [2.45, 2.75) is 31.7 Å². The van der Waals surface area contributed by atoms with Gasteiger partial charge >= 0.3 is 0 Å². The van der Waals surface area contributed by atoms with Gasteiger partial charge in [0.05, 0.1) is 18.5 Å². The third-order valence-corrected chi connectivity index (χ3v) is 8.30. The van der Waals surface area contributed by atoms with Crippen molar-refractivity contribution in [1.82, 2.24) is 0 Å². The van der Waals surface area contributed by atoms with Crippen molar-refractivity contribution in [1.29, 1.82) is 0 Å². The van der Waals surface area contributed by atoms with E-state index in [1.165, 1.54) is 0 Å². The van der Waals surface area contributed by atoms with Gasteiger partial charge in [-0.25, -0.2) is 0 Å². The first-order valence-electron chi connectivity index (χ1n) is 12.7. The molecule has 0 saturated heterocycles. The number of carbonyl (C=O) groups is 2. The molecule has 5 nitrogen and oxygen atoms in total. The molecule has 6 heteroatoms. The molecule has 1 N–H and O–H groups in total. The fourth-order valence-electron chi connectivity index (χ4n) is 5.52. The standard InChI is InChI=1S/C32H28N2O3S/c1-20-10-15-25-27(17-20)34(32(36)22-7-4-3-5-8-22)31(29-9-6-16-38-29)30-26(33-25)18-23(19-28(30)35)21-11-13-24(37-2)14-12-21/h3-17,23,31,33H,18-19H2,1-2H3/t23-,31-/m1/s1. The lowest BCUT2D eigenvalue weighted by molar-refractivity contribution is -0.116. The van der Waals surface area contributed by atoms with Crippen LogP contribution in [0.2, 0.25) is 0 Å². The Kier molecular flexibility index (Phi) is 6.34. The highest BCUT2D eigenvalue weighted by Gasteiger charge is 2.42. The number of ketones is 1. The lowest BCUT2D eigenvalue weighted by Gasteiger charge is -2.34. The summed E-state index contributed by atoms with van der Waals surface area (Å²) in [5, 5.41) is 5.62. The number of methoxy groups -OCH3 is 1. The molecule has 0 unspecified atom stereocenters. The summed E-state index contributed by atoms with van der Waals surface area (Å²) in [6.45, 7) is 2.02. The predicted molar refractivity (Wildman–Crippen MR) is 152 cm³/mol. The van der Waals surface area contributed by atoms with Gasteiger partial charge in [-0.2, -0.15) is 0 Å². The summed E-state index contributed by atoms with van der Waals surface area (Å²) >= 11 is 1.57. The average Bonchev–Trinajstić information content (AvgIpc) is 3.43. The van der Waals surface area contributed by atoms with Crippen molar-refractivity contribution >= 4 is 34.4 Å². The Hall–Kier alpha value is -4.16. The minimum atomic E-state index is -0.516. The number of thiophene rings is 1. The largest absolute Gasteiger partial charge is 0.497 e. The quantitative estimate of drug-likeness (QED) is 0.307. The molecule has 190 valence electrons. The van der Waals surface area contributed by atoms with E-state index in [1.807, 2.05) is 102 Å². The van der Waals surface area contributed by atoms with Crippen molar-refractivity contribution in [3.63, 3.8) is 0 Å². The number of fused-ring (bicyclic) bond motifs is 1. The van der Waals surface area contributed by atoms with E-state index in [0.29, 0.717) is 24.0 Å². The number of benzene rings is 3. The van der Waals surface area contributed by atoms with Gasteiger partial charge in [-0.05, 0) is 78.2 Å². The molecule has 0 fully saturated rings. The van der Waals surface area contributed by atoms with E-state index < -0.39 is 6.04 Å². The Labute approximate surface area is 226 Å². The molecule has 0 saturated carbocycles. The number of hydrogen-bond donors (Lipinski definition) is 1. The molecule has 1 amide bonds. The first-order valence-corrected chi connectivity index (χ1v) is 13.6. The van der Waals surface area contributed by atoms with E-state index in [0.717, 1.165) is 38.8 Å². The van der Waals surface area contributed by atoms with Crippen molar-refractivity contribution in [2.75, 3.05) is 17.3 Å². The van der Waals surface area contributed by atoms with Crippen LogP contribution in [0.3, 0.4) is 0 Å². The van der Waals surface area contributed by atoms with Gasteiger partial charge < -0.3 is 10.1 Å². The molecule has 2 aliphatic rings. The van der Waals surface area contributed by atoms with Gasteiger partial charge in [0.25, 0.3) is 5.91 Å². The SMILES string of the molecule is COc1ccc([C@H]2CC(=O)C3=C(C2)Nc2ccc(C)cc2N(C(=O)c2ccccc2)[C@@H]3c2cccs2)cc1. The van der Waals surface area contributed by atoms with Gasteiger partial charge in [0, 0.05) is 28.1 Å². The third-order valence-electron chi connectivity index (χ3n) is 7.38. The average molecular weight is 521 g/mol. The second kappa shape index (κ2) is 9.95. The maximum Gasteiger partial charge on any atom is 0.259 e. The molecule has 0 radical (unpaired) electrons. The molecule has 6 rings (SSSR count). The minimum absolute atomic E-state index is 0.0360. The third kappa shape index (κ3) is 4.31. The summed E-state index contributed by atoms with van der Waals surface area (Å²) in [7, 11) is 1.65.